The Morgan fingerprint density at radius 3 is 1.82 bits per heavy atom. The summed E-state index contributed by atoms with van der Waals surface area (Å²) < 4.78 is 5.14. The molecule has 210 valence electrons. The fraction of sp³-hybridized carbons (Fsp3) is 0.314. The van der Waals surface area contributed by atoms with E-state index in [0.29, 0.717) is 12.5 Å². The lowest BCUT2D eigenvalue weighted by Crippen LogP contribution is -2.42. The number of carbonyl (C=O) groups is 2. The Kier molecular flexibility index (Phi) is 10.6. The Morgan fingerprint density at radius 1 is 0.825 bits per heavy atom. The number of ether oxygens (including phenoxy) is 1. The van der Waals surface area contributed by atoms with Gasteiger partial charge < -0.3 is 14.7 Å². The number of rotatable bonds is 10. The van der Waals surface area contributed by atoms with Crippen LogP contribution in [0.25, 0.3) is 10.8 Å². The Balaban J connectivity index is 0.000000230. The number of carboxylic acids is 1. The summed E-state index contributed by atoms with van der Waals surface area (Å²) in [5, 5.41) is 11.0. The third kappa shape index (κ3) is 6.97. The van der Waals surface area contributed by atoms with Gasteiger partial charge in [-0.05, 0) is 74.0 Å². The highest BCUT2D eigenvalue weighted by Gasteiger charge is 2.41. The molecule has 2 unspecified atom stereocenters. The summed E-state index contributed by atoms with van der Waals surface area (Å²) in [5.41, 5.74) is 2.41. The first-order valence-electron chi connectivity index (χ1n) is 13.7. The Hall–Kier alpha value is -3.96. The number of methoxy groups -OCH3 is 1. The molecule has 0 fully saturated rings. The number of carboxylic acid groups (broad SMARTS) is 1. The van der Waals surface area contributed by atoms with Gasteiger partial charge in [0.25, 0.3) is 0 Å². The molecule has 0 bridgehead atoms. The number of hydrogen-bond acceptors (Lipinski definition) is 4. The van der Waals surface area contributed by atoms with Gasteiger partial charge in [0, 0.05) is 12.5 Å². The Bertz CT molecular complexity index is 1360. The number of Topliss-reactive ketones (excluding diaryl/α,β-unsaturated/α-hetero) is 1. The van der Waals surface area contributed by atoms with Crippen LogP contribution in [0.1, 0.15) is 56.2 Å². The molecule has 0 radical (unpaired) electrons. The predicted octanol–water partition coefficient (Wildman–Crippen LogP) is 7.33. The van der Waals surface area contributed by atoms with Gasteiger partial charge in [0.15, 0.2) is 0 Å². The predicted molar refractivity (Wildman–Crippen MR) is 163 cm³/mol. The second-order valence-electron chi connectivity index (χ2n) is 10.5. The van der Waals surface area contributed by atoms with Crippen molar-refractivity contribution >= 4 is 22.5 Å². The van der Waals surface area contributed by atoms with Gasteiger partial charge in [-0.3, -0.25) is 9.59 Å². The minimum absolute atomic E-state index is 0.281. The van der Waals surface area contributed by atoms with E-state index in [1.165, 1.54) is 0 Å². The lowest BCUT2D eigenvalue weighted by molar-refractivity contribution is -0.138. The number of hydrogen-bond donors (Lipinski definition) is 1. The molecule has 0 spiro atoms. The molecule has 0 aliphatic rings. The summed E-state index contributed by atoms with van der Waals surface area (Å²) in [7, 11) is 5.77. The molecule has 0 aliphatic heterocycles. The second kappa shape index (κ2) is 13.9. The van der Waals surface area contributed by atoms with E-state index in [-0.39, 0.29) is 5.78 Å². The molecule has 2 atom stereocenters. The first kappa shape index (κ1) is 30.6. The molecular weight excluding hydrogens is 498 g/mol. The maximum atomic E-state index is 13.2. The number of benzene rings is 4. The fourth-order valence-electron chi connectivity index (χ4n) is 4.99. The quantitative estimate of drug-likeness (QED) is 0.229. The van der Waals surface area contributed by atoms with Gasteiger partial charge in [-0.15, -0.1) is 0 Å². The molecule has 5 heteroatoms. The van der Waals surface area contributed by atoms with Crippen molar-refractivity contribution in [2.24, 2.45) is 0 Å². The average Bonchev–Trinajstić information content (AvgIpc) is 2.99. The molecule has 0 aromatic heterocycles. The third-order valence-electron chi connectivity index (χ3n) is 7.76. The van der Waals surface area contributed by atoms with Crippen LogP contribution in [0.3, 0.4) is 0 Å². The summed E-state index contributed by atoms with van der Waals surface area (Å²) in [6.07, 6.45) is 1.31. The minimum Gasteiger partial charge on any atom is -0.497 e. The maximum absolute atomic E-state index is 13.2. The van der Waals surface area contributed by atoms with Crippen LogP contribution in [0.2, 0.25) is 0 Å². The van der Waals surface area contributed by atoms with E-state index >= 15 is 0 Å². The van der Waals surface area contributed by atoms with E-state index in [0.717, 1.165) is 39.6 Å². The van der Waals surface area contributed by atoms with Crippen LogP contribution in [-0.2, 0) is 15.0 Å². The van der Waals surface area contributed by atoms with Crippen molar-refractivity contribution in [3.63, 3.8) is 0 Å². The zero-order chi connectivity index (χ0) is 29.3. The van der Waals surface area contributed by atoms with Gasteiger partial charge in [-0.25, -0.2) is 0 Å². The number of aliphatic carboxylic acids is 1. The fourth-order valence-corrected chi connectivity index (χ4v) is 4.99. The van der Waals surface area contributed by atoms with E-state index in [4.69, 9.17) is 9.84 Å². The van der Waals surface area contributed by atoms with Crippen molar-refractivity contribution in [1.29, 1.82) is 0 Å². The van der Waals surface area contributed by atoms with E-state index in [2.05, 4.69) is 50.2 Å². The molecule has 0 aliphatic carbocycles. The monoisotopic (exact) mass is 539 g/mol. The molecule has 1 N–H and O–H groups in total. The van der Waals surface area contributed by atoms with Gasteiger partial charge in [0.1, 0.15) is 11.5 Å². The summed E-state index contributed by atoms with van der Waals surface area (Å²) in [6, 6.07) is 32.2. The highest BCUT2D eigenvalue weighted by Crippen LogP contribution is 2.39. The smallest absolute Gasteiger partial charge is 0.310 e. The molecular formula is C35H41NO4. The van der Waals surface area contributed by atoms with E-state index in [1.54, 1.807) is 14.0 Å². The highest BCUT2D eigenvalue weighted by molar-refractivity contribution is 5.93. The second-order valence-corrected chi connectivity index (χ2v) is 10.5. The van der Waals surface area contributed by atoms with Gasteiger partial charge >= 0.3 is 5.97 Å². The molecule has 0 saturated carbocycles. The molecule has 40 heavy (non-hydrogen) atoms. The number of carbonyl (C=O) groups excluding carboxylic acids is 1. The average molecular weight is 540 g/mol. The zero-order valence-electron chi connectivity index (χ0n) is 24.4. The van der Waals surface area contributed by atoms with Crippen molar-refractivity contribution in [3.05, 3.63) is 114 Å². The largest absolute Gasteiger partial charge is 0.497 e. The minimum atomic E-state index is -0.808. The Morgan fingerprint density at radius 2 is 1.35 bits per heavy atom. The van der Waals surface area contributed by atoms with Gasteiger partial charge in [0.2, 0.25) is 0 Å². The third-order valence-corrected chi connectivity index (χ3v) is 7.76. The first-order valence-corrected chi connectivity index (χ1v) is 13.7. The topological polar surface area (TPSA) is 66.8 Å². The molecule has 4 rings (SSSR count). The van der Waals surface area contributed by atoms with Crippen molar-refractivity contribution in [2.45, 2.75) is 51.0 Å². The van der Waals surface area contributed by atoms with Crippen molar-refractivity contribution < 1.29 is 19.4 Å². The molecule has 0 saturated heterocycles. The van der Waals surface area contributed by atoms with Crippen molar-refractivity contribution in [1.82, 2.24) is 4.90 Å². The molecule has 4 aromatic carbocycles. The van der Waals surface area contributed by atoms with E-state index in [9.17, 15) is 9.59 Å². The number of ketones is 1. The van der Waals surface area contributed by atoms with Crippen LogP contribution >= 0.6 is 0 Å². The number of fused-ring (bicyclic) bond motifs is 1. The van der Waals surface area contributed by atoms with Crippen LogP contribution in [0.15, 0.2) is 97.1 Å². The molecule has 5 nitrogen and oxygen atoms in total. The maximum Gasteiger partial charge on any atom is 0.310 e. The summed E-state index contributed by atoms with van der Waals surface area (Å²) in [5.74, 6) is -0.209. The first-order chi connectivity index (χ1) is 19.1. The van der Waals surface area contributed by atoms with Crippen LogP contribution < -0.4 is 4.74 Å². The summed E-state index contributed by atoms with van der Waals surface area (Å²) in [4.78, 5) is 26.3. The molecule has 0 heterocycles. The lowest BCUT2D eigenvalue weighted by atomic mass is 9.67. The van der Waals surface area contributed by atoms with Crippen LogP contribution in [-0.4, -0.2) is 49.0 Å². The van der Waals surface area contributed by atoms with E-state index in [1.807, 2.05) is 79.7 Å². The highest BCUT2D eigenvalue weighted by atomic mass is 16.5. The zero-order valence-corrected chi connectivity index (χ0v) is 24.4. The SMILES string of the molecule is CCC(=O)C(CC(C)N(C)C)(c1ccccc1)c1ccccc1.COc1ccc2cc(C(C)C(=O)O)ccc2c1. The van der Waals surface area contributed by atoms with E-state index < -0.39 is 17.3 Å². The van der Waals surface area contributed by atoms with Gasteiger partial charge in [-0.2, -0.15) is 0 Å². The van der Waals surface area contributed by atoms with Crippen LogP contribution in [0.5, 0.6) is 5.75 Å². The summed E-state index contributed by atoms with van der Waals surface area (Å²) in [6.45, 7) is 5.83. The van der Waals surface area contributed by atoms with Crippen molar-refractivity contribution in [3.8, 4) is 5.75 Å². The summed E-state index contributed by atoms with van der Waals surface area (Å²) >= 11 is 0. The Labute approximate surface area is 238 Å². The van der Waals surface area contributed by atoms with Crippen molar-refractivity contribution in [2.75, 3.05) is 21.2 Å². The van der Waals surface area contributed by atoms with Gasteiger partial charge in [-0.1, -0.05) is 91.9 Å². The normalized spacial score (nSPS) is 12.8. The molecule has 0 amide bonds. The van der Waals surface area contributed by atoms with Crippen LogP contribution in [0, 0.1) is 0 Å². The number of nitrogens with zero attached hydrogens (tertiary/aromatic N) is 1. The van der Waals surface area contributed by atoms with Gasteiger partial charge in [0.05, 0.1) is 18.4 Å². The lowest BCUT2D eigenvalue weighted by Gasteiger charge is -2.37. The van der Waals surface area contributed by atoms with Crippen LogP contribution in [0.4, 0.5) is 0 Å². The molecule has 4 aromatic rings. The standard InChI is InChI=1S/C21H27NO.C14H14O3/c1-5-20(23)21(16-17(2)22(3)4,18-12-8-6-9-13-18)19-14-10-7-11-15-19;1-9(14(15)16)10-3-4-12-8-13(17-2)6-5-11(12)7-10/h6-15,17H,5,16H2,1-4H3;3-9H,1-2H3,(H,15,16).